The van der Waals surface area contributed by atoms with E-state index in [1.54, 1.807) is 6.07 Å². The summed E-state index contributed by atoms with van der Waals surface area (Å²) in [5.74, 6) is 1.70. The summed E-state index contributed by atoms with van der Waals surface area (Å²) < 4.78 is 24.2. The second kappa shape index (κ2) is 6.44. The summed E-state index contributed by atoms with van der Waals surface area (Å²) in [6.07, 6.45) is 2.34. The highest BCUT2D eigenvalue weighted by atomic mass is 19.1. The minimum absolute atomic E-state index is 0.306. The Balaban J connectivity index is 1.17. The first kappa shape index (κ1) is 15.9. The van der Waals surface area contributed by atoms with Crippen LogP contribution in [0.25, 0.3) is 11.0 Å². The van der Waals surface area contributed by atoms with Gasteiger partial charge in [0.05, 0.1) is 6.54 Å². The van der Waals surface area contributed by atoms with Gasteiger partial charge in [-0.05, 0) is 25.0 Å². The number of fused-ring (bicyclic) bond motifs is 1. The lowest BCUT2D eigenvalue weighted by Gasteiger charge is -2.33. The van der Waals surface area contributed by atoms with Gasteiger partial charge >= 0.3 is 0 Å². The lowest BCUT2D eigenvalue weighted by molar-refractivity contribution is 0.112. The Labute approximate surface area is 149 Å². The molecule has 7 nitrogen and oxygen atoms in total. The zero-order chi connectivity index (χ0) is 17.5. The number of hydrogen-bond donors (Lipinski definition) is 0. The van der Waals surface area contributed by atoms with Crippen LogP contribution in [0.5, 0.6) is 0 Å². The van der Waals surface area contributed by atoms with Crippen molar-refractivity contribution in [3.8, 4) is 0 Å². The molecule has 2 fully saturated rings. The molecule has 1 saturated carbocycles. The molecule has 0 unspecified atom stereocenters. The molecule has 0 spiro atoms. The molecule has 0 atom stereocenters. The van der Waals surface area contributed by atoms with Crippen molar-refractivity contribution < 1.29 is 13.3 Å². The van der Waals surface area contributed by atoms with Crippen molar-refractivity contribution in [2.75, 3.05) is 26.2 Å². The van der Waals surface area contributed by atoms with Crippen molar-refractivity contribution in [3.63, 3.8) is 0 Å². The van der Waals surface area contributed by atoms with Crippen LogP contribution in [0.4, 0.5) is 4.39 Å². The molecule has 1 saturated heterocycles. The topological polar surface area (TPSA) is 71.4 Å². The van der Waals surface area contributed by atoms with Gasteiger partial charge in [-0.2, -0.15) is 0 Å². The summed E-state index contributed by atoms with van der Waals surface area (Å²) in [6, 6.07) is 4.56. The molecule has 3 heterocycles. The van der Waals surface area contributed by atoms with Gasteiger partial charge in [-0.25, -0.2) is 4.39 Å². The number of rotatable bonds is 5. The molecule has 1 aliphatic carbocycles. The molecular weight excluding hydrogens is 337 g/mol. The fourth-order valence-electron chi connectivity index (χ4n) is 3.41. The van der Waals surface area contributed by atoms with E-state index in [1.807, 2.05) is 0 Å². The summed E-state index contributed by atoms with van der Waals surface area (Å²) in [5.41, 5.74) is 1.36. The zero-order valence-electron chi connectivity index (χ0n) is 14.4. The normalized spacial score (nSPS) is 19.4. The molecule has 26 heavy (non-hydrogen) atoms. The van der Waals surface area contributed by atoms with E-state index in [-0.39, 0.29) is 5.82 Å². The Morgan fingerprint density at radius 3 is 2.58 bits per heavy atom. The Morgan fingerprint density at radius 2 is 1.81 bits per heavy atom. The van der Waals surface area contributed by atoms with Crippen LogP contribution in [0, 0.1) is 5.82 Å². The maximum Gasteiger partial charge on any atom is 0.230 e. The zero-order valence-corrected chi connectivity index (χ0v) is 14.4. The van der Waals surface area contributed by atoms with Crippen molar-refractivity contribution in [1.82, 2.24) is 25.2 Å². The minimum atomic E-state index is -0.306. The molecular formula is C18H20FN5O2. The van der Waals surface area contributed by atoms with Gasteiger partial charge in [-0.15, -0.1) is 10.2 Å². The van der Waals surface area contributed by atoms with Crippen molar-refractivity contribution in [2.45, 2.75) is 31.8 Å². The standard InChI is InChI=1S/C18H20FN5O2/c19-13-3-4-14-15(22-26-16(14)9-13)10-23-5-7-24(8-6-23)11-17-20-21-18(25-17)12-1-2-12/h3-4,9,12H,1-2,5-8,10-11H2. The Morgan fingerprint density at radius 1 is 1.04 bits per heavy atom. The molecule has 2 aromatic heterocycles. The van der Waals surface area contributed by atoms with E-state index < -0.39 is 0 Å². The maximum atomic E-state index is 13.3. The van der Waals surface area contributed by atoms with Gasteiger partial charge in [0, 0.05) is 50.1 Å². The van der Waals surface area contributed by atoms with Gasteiger partial charge in [-0.3, -0.25) is 9.80 Å². The first-order valence-corrected chi connectivity index (χ1v) is 9.05. The van der Waals surface area contributed by atoms with Crippen LogP contribution in [0.1, 0.15) is 36.2 Å². The second-order valence-electron chi connectivity index (χ2n) is 7.13. The molecule has 3 aromatic rings. The van der Waals surface area contributed by atoms with E-state index in [0.29, 0.717) is 30.5 Å². The smallest absolute Gasteiger partial charge is 0.230 e. The molecule has 2 aliphatic rings. The van der Waals surface area contributed by atoms with Crippen molar-refractivity contribution in [1.29, 1.82) is 0 Å². The third-order valence-corrected chi connectivity index (χ3v) is 5.11. The van der Waals surface area contributed by atoms with Crippen molar-refractivity contribution in [3.05, 3.63) is 41.5 Å². The van der Waals surface area contributed by atoms with Gasteiger partial charge in [0.25, 0.3) is 0 Å². The average Bonchev–Trinajstić information content (AvgIpc) is 3.28. The van der Waals surface area contributed by atoms with Gasteiger partial charge in [-0.1, -0.05) is 5.16 Å². The third kappa shape index (κ3) is 3.22. The molecule has 5 rings (SSSR count). The van der Waals surface area contributed by atoms with E-state index in [9.17, 15) is 4.39 Å². The van der Waals surface area contributed by atoms with Crippen molar-refractivity contribution >= 4 is 11.0 Å². The number of piperazine rings is 1. The van der Waals surface area contributed by atoms with Crippen LogP contribution in [0.2, 0.25) is 0 Å². The first-order chi connectivity index (χ1) is 12.7. The quantitative estimate of drug-likeness (QED) is 0.695. The van der Waals surface area contributed by atoms with Gasteiger partial charge in [0.15, 0.2) is 5.58 Å². The summed E-state index contributed by atoms with van der Waals surface area (Å²) in [4.78, 5) is 4.66. The molecule has 0 amide bonds. The Bertz CT molecular complexity index is 911. The Hall–Kier alpha value is -2.32. The second-order valence-corrected chi connectivity index (χ2v) is 7.13. The highest BCUT2D eigenvalue weighted by Crippen LogP contribution is 2.39. The van der Waals surface area contributed by atoms with Crippen LogP contribution < -0.4 is 0 Å². The maximum absolute atomic E-state index is 13.3. The van der Waals surface area contributed by atoms with E-state index in [0.717, 1.165) is 43.1 Å². The number of hydrogen-bond acceptors (Lipinski definition) is 7. The van der Waals surface area contributed by atoms with Crippen molar-refractivity contribution in [2.24, 2.45) is 0 Å². The van der Waals surface area contributed by atoms with Crippen LogP contribution in [-0.2, 0) is 13.1 Å². The van der Waals surface area contributed by atoms with Crippen LogP contribution in [-0.4, -0.2) is 51.3 Å². The monoisotopic (exact) mass is 357 g/mol. The SMILES string of the molecule is Fc1ccc2c(CN3CCN(Cc4nnc(C5CC5)o4)CC3)noc2c1. The molecule has 8 heteroatoms. The number of benzene rings is 1. The number of nitrogens with zero attached hydrogens (tertiary/aromatic N) is 5. The van der Waals surface area contributed by atoms with E-state index >= 15 is 0 Å². The fourth-order valence-corrected chi connectivity index (χ4v) is 3.41. The van der Waals surface area contributed by atoms with Crippen LogP contribution >= 0.6 is 0 Å². The van der Waals surface area contributed by atoms with Crippen LogP contribution in [0.15, 0.2) is 27.1 Å². The average molecular weight is 357 g/mol. The summed E-state index contributed by atoms with van der Waals surface area (Å²) in [6.45, 7) is 5.15. The molecule has 0 bridgehead atoms. The Kier molecular flexibility index (Phi) is 3.94. The predicted octanol–water partition coefficient (Wildman–Crippen LogP) is 2.55. The number of aromatic nitrogens is 3. The highest BCUT2D eigenvalue weighted by Gasteiger charge is 2.30. The molecule has 1 aliphatic heterocycles. The van der Waals surface area contributed by atoms with Gasteiger partial charge < -0.3 is 8.94 Å². The van der Waals surface area contributed by atoms with Gasteiger partial charge in [0.2, 0.25) is 11.8 Å². The molecule has 0 N–H and O–H groups in total. The fraction of sp³-hybridized carbons (Fsp3) is 0.500. The van der Waals surface area contributed by atoms with Gasteiger partial charge in [0.1, 0.15) is 11.5 Å². The number of halogens is 1. The highest BCUT2D eigenvalue weighted by molar-refractivity contribution is 5.79. The largest absolute Gasteiger partial charge is 0.424 e. The molecule has 1 aromatic carbocycles. The predicted molar refractivity (Wildman–Crippen MR) is 90.8 cm³/mol. The summed E-state index contributed by atoms with van der Waals surface area (Å²) >= 11 is 0. The van der Waals surface area contributed by atoms with Crippen LogP contribution in [0.3, 0.4) is 0 Å². The van der Waals surface area contributed by atoms with E-state index in [1.165, 1.54) is 25.0 Å². The minimum Gasteiger partial charge on any atom is -0.424 e. The lowest BCUT2D eigenvalue weighted by Crippen LogP contribution is -2.45. The molecule has 136 valence electrons. The van der Waals surface area contributed by atoms with E-state index in [2.05, 4.69) is 25.2 Å². The van der Waals surface area contributed by atoms with E-state index in [4.69, 9.17) is 8.94 Å². The summed E-state index contributed by atoms with van der Waals surface area (Å²) in [7, 11) is 0. The third-order valence-electron chi connectivity index (χ3n) is 5.11. The lowest BCUT2D eigenvalue weighted by atomic mass is 10.2. The molecule has 0 radical (unpaired) electrons. The summed E-state index contributed by atoms with van der Waals surface area (Å²) in [5, 5.41) is 13.3. The first-order valence-electron chi connectivity index (χ1n) is 9.05.